The molecule has 3 rings (SSSR count). The Bertz CT molecular complexity index is 890. The first-order valence-corrected chi connectivity index (χ1v) is 7.48. The Balaban J connectivity index is 2.15. The first-order valence-electron chi connectivity index (χ1n) is 7.48. The number of nitrogen functional groups attached to an aromatic ring is 1. The molecular weight excluding hydrogens is 300 g/mol. The fourth-order valence-corrected chi connectivity index (χ4v) is 2.51. The number of aliphatic imine (C=N–C) groups is 1. The lowest BCUT2D eigenvalue weighted by Gasteiger charge is -2.13. The molecule has 0 aliphatic carbocycles. The second kappa shape index (κ2) is 6.85. The average Bonchev–Trinajstić information content (AvgIpc) is 2.62. The number of hydrogen-bond acceptors (Lipinski definition) is 4. The second-order valence-electron chi connectivity index (χ2n) is 5.23. The van der Waals surface area contributed by atoms with E-state index in [0.717, 1.165) is 11.1 Å². The number of nitrogens with two attached hydrogens (primary N) is 2. The van der Waals surface area contributed by atoms with Crippen molar-refractivity contribution in [3.63, 3.8) is 0 Å². The molecule has 3 aromatic rings. The Morgan fingerprint density at radius 2 is 1.46 bits per heavy atom. The van der Waals surface area contributed by atoms with E-state index >= 15 is 0 Å². The van der Waals surface area contributed by atoms with Gasteiger partial charge in [0.05, 0.1) is 11.4 Å². The predicted molar refractivity (Wildman–Crippen MR) is 97.9 cm³/mol. The van der Waals surface area contributed by atoms with Crippen molar-refractivity contribution in [3.8, 4) is 16.9 Å². The van der Waals surface area contributed by atoms with Crippen molar-refractivity contribution in [2.24, 2.45) is 10.8 Å². The third kappa shape index (κ3) is 3.06. The van der Waals surface area contributed by atoms with Gasteiger partial charge in [0.25, 0.3) is 0 Å². The molecule has 0 radical (unpaired) electrons. The molecule has 0 spiro atoms. The zero-order chi connectivity index (χ0) is 16.9. The maximum absolute atomic E-state index is 10.2. The highest BCUT2D eigenvalue weighted by atomic mass is 16.3. The van der Waals surface area contributed by atoms with Gasteiger partial charge in [0.15, 0.2) is 0 Å². The number of aromatic hydroxyl groups is 1. The fourth-order valence-electron chi connectivity index (χ4n) is 2.51. The molecule has 0 fully saturated rings. The average molecular weight is 318 g/mol. The Hall–Kier alpha value is -3.31. The van der Waals surface area contributed by atoms with Crippen LogP contribution in [0.25, 0.3) is 11.1 Å². The molecule has 24 heavy (non-hydrogen) atoms. The van der Waals surface area contributed by atoms with Crippen molar-refractivity contribution < 1.29 is 5.11 Å². The molecule has 5 heteroatoms. The van der Waals surface area contributed by atoms with Crippen LogP contribution in [0.3, 0.4) is 0 Å². The van der Waals surface area contributed by atoms with Gasteiger partial charge in [-0.1, -0.05) is 54.6 Å². The molecule has 0 aliphatic heterocycles. The molecule has 0 aromatic heterocycles. The number of phenolic OH excluding ortho intramolecular Hbond substituents is 1. The number of para-hydroxylation sites is 3. The third-order valence-electron chi connectivity index (χ3n) is 3.68. The molecule has 3 aromatic carbocycles. The summed E-state index contributed by atoms with van der Waals surface area (Å²) in [5.41, 5.74) is 12.1. The molecular formula is C19H18N4O. The Morgan fingerprint density at radius 3 is 2.17 bits per heavy atom. The van der Waals surface area contributed by atoms with Crippen LogP contribution in [0, 0.1) is 0 Å². The van der Waals surface area contributed by atoms with Gasteiger partial charge >= 0.3 is 0 Å². The number of amidine groups is 1. The van der Waals surface area contributed by atoms with Gasteiger partial charge in [0.2, 0.25) is 0 Å². The van der Waals surface area contributed by atoms with Crippen molar-refractivity contribution >= 4 is 17.2 Å². The van der Waals surface area contributed by atoms with E-state index in [1.165, 1.54) is 0 Å². The molecule has 6 N–H and O–H groups in total. The molecule has 0 atom stereocenters. The minimum Gasteiger partial charge on any atom is -0.507 e. The van der Waals surface area contributed by atoms with Crippen LogP contribution in [0.4, 0.5) is 11.4 Å². The van der Waals surface area contributed by atoms with Crippen LogP contribution in [-0.2, 0) is 0 Å². The molecule has 0 saturated heterocycles. The summed E-state index contributed by atoms with van der Waals surface area (Å²) in [6, 6.07) is 22.0. The van der Waals surface area contributed by atoms with Gasteiger partial charge in [-0.3, -0.25) is 0 Å². The summed E-state index contributed by atoms with van der Waals surface area (Å²) in [5, 5.41) is 10.2. The number of hydrazine groups is 1. The number of anilines is 1. The molecule has 0 saturated carbocycles. The van der Waals surface area contributed by atoms with Crippen molar-refractivity contribution in [1.29, 1.82) is 0 Å². The Labute approximate surface area is 140 Å². The van der Waals surface area contributed by atoms with Crippen LogP contribution in [-0.4, -0.2) is 10.9 Å². The molecule has 0 aliphatic rings. The SMILES string of the molecule is NNC(=Nc1ccccc1N)c1ccccc1-c1ccccc1O. The lowest BCUT2D eigenvalue weighted by Crippen LogP contribution is -2.31. The maximum Gasteiger partial charge on any atom is 0.148 e. The summed E-state index contributed by atoms with van der Waals surface area (Å²) in [6.07, 6.45) is 0. The number of rotatable bonds is 3. The van der Waals surface area contributed by atoms with Gasteiger partial charge in [-0.25, -0.2) is 10.8 Å². The zero-order valence-corrected chi connectivity index (χ0v) is 13.0. The monoisotopic (exact) mass is 318 g/mol. The van der Waals surface area contributed by atoms with E-state index in [0.29, 0.717) is 22.8 Å². The van der Waals surface area contributed by atoms with Gasteiger partial charge in [-0.2, -0.15) is 0 Å². The summed E-state index contributed by atoms with van der Waals surface area (Å²) >= 11 is 0. The van der Waals surface area contributed by atoms with Gasteiger partial charge in [-0.05, 0) is 23.8 Å². The number of nitrogens with one attached hydrogen (secondary N) is 1. The second-order valence-corrected chi connectivity index (χ2v) is 5.23. The van der Waals surface area contributed by atoms with Crippen molar-refractivity contribution in [1.82, 2.24) is 5.43 Å². The van der Waals surface area contributed by atoms with Gasteiger partial charge in [-0.15, -0.1) is 0 Å². The first-order chi connectivity index (χ1) is 11.7. The summed E-state index contributed by atoms with van der Waals surface area (Å²) in [6.45, 7) is 0. The minimum absolute atomic E-state index is 0.195. The van der Waals surface area contributed by atoms with Crippen LogP contribution >= 0.6 is 0 Å². The lowest BCUT2D eigenvalue weighted by atomic mass is 9.98. The van der Waals surface area contributed by atoms with E-state index < -0.39 is 0 Å². The van der Waals surface area contributed by atoms with Crippen LogP contribution in [0.1, 0.15) is 5.56 Å². The number of nitrogens with zero attached hydrogens (tertiary/aromatic N) is 1. The van der Waals surface area contributed by atoms with Crippen LogP contribution < -0.4 is 17.0 Å². The quantitative estimate of drug-likeness (QED) is 0.196. The van der Waals surface area contributed by atoms with Crippen LogP contribution in [0.2, 0.25) is 0 Å². The highest BCUT2D eigenvalue weighted by Crippen LogP contribution is 2.32. The van der Waals surface area contributed by atoms with Gasteiger partial charge in [0, 0.05) is 11.1 Å². The number of benzene rings is 3. The van der Waals surface area contributed by atoms with E-state index in [9.17, 15) is 5.11 Å². The highest BCUT2D eigenvalue weighted by Gasteiger charge is 2.13. The van der Waals surface area contributed by atoms with Crippen LogP contribution in [0.5, 0.6) is 5.75 Å². The smallest absolute Gasteiger partial charge is 0.148 e. The van der Waals surface area contributed by atoms with Crippen LogP contribution in [0.15, 0.2) is 77.8 Å². The summed E-state index contributed by atoms with van der Waals surface area (Å²) in [5.74, 6) is 6.36. The van der Waals surface area contributed by atoms with Crippen molar-refractivity contribution in [2.75, 3.05) is 5.73 Å². The molecule has 0 bridgehead atoms. The first kappa shape index (κ1) is 15.6. The molecule has 0 heterocycles. The number of hydrogen-bond donors (Lipinski definition) is 4. The summed E-state index contributed by atoms with van der Waals surface area (Å²) < 4.78 is 0. The Morgan fingerprint density at radius 1 is 0.833 bits per heavy atom. The topological polar surface area (TPSA) is 96.7 Å². The fraction of sp³-hybridized carbons (Fsp3) is 0. The summed E-state index contributed by atoms with van der Waals surface area (Å²) in [7, 11) is 0. The standard InChI is InChI=1S/C19H18N4O/c20-16-10-4-5-11-17(16)22-19(23-21)15-9-2-1-7-13(15)14-8-3-6-12-18(14)24/h1-12,24H,20-21H2,(H,22,23). The van der Waals surface area contributed by atoms with Crippen molar-refractivity contribution in [3.05, 3.63) is 78.4 Å². The van der Waals surface area contributed by atoms with E-state index in [4.69, 9.17) is 11.6 Å². The van der Waals surface area contributed by atoms with E-state index in [1.807, 2.05) is 54.6 Å². The van der Waals surface area contributed by atoms with E-state index in [2.05, 4.69) is 10.4 Å². The predicted octanol–water partition coefficient (Wildman–Crippen LogP) is 3.18. The minimum atomic E-state index is 0.195. The molecule has 0 amide bonds. The molecule has 0 unspecified atom stereocenters. The number of phenols is 1. The zero-order valence-electron chi connectivity index (χ0n) is 13.0. The normalized spacial score (nSPS) is 11.3. The van der Waals surface area contributed by atoms with E-state index in [1.54, 1.807) is 18.2 Å². The summed E-state index contributed by atoms with van der Waals surface area (Å²) in [4.78, 5) is 4.54. The maximum atomic E-state index is 10.2. The van der Waals surface area contributed by atoms with Crippen molar-refractivity contribution in [2.45, 2.75) is 0 Å². The Kier molecular flexibility index (Phi) is 4.45. The van der Waals surface area contributed by atoms with E-state index in [-0.39, 0.29) is 5.75 Å². The highest BCUT2D eigenvalue weighted by molar-refractivity contribution is 6.06. The lowest BCUT2D eigenvalue weighted by molar-refractivity contribution is 0.477. The van der Waals surface area contributed by atoms with Gasteiger partial charge in [0.1, 0.15) is 11.6 Å². The largest absolute Gasteiger partial charge is 0.507 e. The third-order valence-corrected chi connectivity index (χ3v) is 3.68. The molecule has 120 valence electrons. The van der Waals surface area contributed by atoms with Gasteiger partial charge < -0.3 is 16.3 Å². The molecule has 5 nitrogen and oxygen atoms in total.